The van der Waals surface area contributed by atoms with Crippen molar-refractivity contribution in [2.45, 2.75) is 32.6 Å². The lowest BCUT2D eigenvalue weighted by Crippen LogP contribution is -2.49. The van der Waals surface area contributed by atoms with Crippen LogP contribution in [-0.2, 0) is 10.0 Å². The number of rotatable bonds is 5. The molecule has 1 saturated heterocycles. The van der Waals surface area contributed by atoms with Crippen molar-refractivity contribution in [2.75, 3.05) is 42.9 Å². The molecule has 7 nitrogen and oxygen atoms in total. The molecule has 1 aliphatic rings. The quantitative estimate of drug-likeness (QED) is 0.846. The van der Waals surface area contributed by atoms with E-state index in [0.29, 0.717) is 37.0 Å². The fraction of sp³-hybridized carbons (Fsp3) is 0.474. The molecule has 0 atom stereocenters. The number of hydrogen-bond donors (Lipinski definition) is 1. The number of piperazine rings is 1. The van der Waals surface area contributed by atoms with Gasteiger partial charge in [-0.25, -0.2) is 13.4 Å². The normalized spacial score (nSPS) is 15.8. The van der Waals surface area contributed by atoms with E-state index in [1.54, 1.807) is 16.4 Å². The van der Waals surface area contributed by atoms with E-state index in [2.05, 4.69) is 15.3 Å². The Bertz CT molecular complexity index is 922. The first-order valence-corrected chi connectivity index (χ1v) is 10.7. The summed E-state index contributed by atoms with van der Waals surface area (Å²) in [5, 5.41) is 3.21. The predicted octanol–water partition coefficient (Wildman–Crippen LogP) is 2.34. The molecule has 2 aromatic rings. The number of sulfonamides is 1. The van der Waals surface area contributed by atoms with Crippen LogP contribution in [0.25, 0.3) is 0 Å². The predicted molar refractivity (Wildman–Crippen MR) is 108 cm³/mol. The smallest absolute Gasteiger partial charge is 0.243 e. The summed E-state index contributed by atoms with van der Waals surface area (Å²) in [6.07, 6.45) is 0. The highest BCUT2D eigenvalue weighted by Gasteiger charge is 2.29. The minimum absolute atomic E-state index is 0.361. The van der Waals surface area contributed by atoms with E-state index in [0.717, 1.165) is 29.2 Å². The maximum atomic E-state index is 13.0. The van der Waals surface area contributed by atoms with Gasteiger partial charge in [-0.05, 0) is 51.0 Å². The Morgan fingerprint density at radius 1 is 1.00 bits per heavy atom. The summed E-state index contributed by atoms with van der Waals surface area (Å²) in [5.74, 6) is 1.44. The number of aryl methyl sites for hydroxylation is 3. The number of nitrogens with one attached hydrogen (secondary N) is 1. The lowest BCUT2D eigenvalue weighted by molar-refractivity contribution is 0.382. The number of benzene rings is 1. The molecule has 1 N–H and O–H groups in total. The van der Waals surface area contributed by atoms with Gasteiger partial charge in [-0.2, -0.15) is 9.29 Å². The van der Waals surface area contributed by atoms with Gasteiger partial charge < -0.3 is 10.2 Å². The molecule has 27 heavy (non-hydrogen) atoms. The average molecular weight is 390 g/mol. The molecule has 0 unspecified atom stereocenters. The Morgan fingerprint density at radius 2 is 1.70 bits per heavy atom. The van der Waals surface area contributed by atoms with E-state index in [1.165, 1.54) is 0 Å². The second-order valence-corrected chi connectivity index (χ2v) is 8.80. The number of aromatic nitrogens is 2. The highest BCUT2D eigenvalue weighted by molar-refractivity contribution is 7.89. The zero-order valence-corrected chi connectivity index (χ0v) is 17.2. The fourth-order valence-electron chi connectivity index (χ4n) is 3.12. The fourth-order valence-corrected chi connectivity index (χ4v) is 4.63. The third-order valence-corrected chi connectivity index (χ3v) is 6.73. The molecule has 0 saturated carbocycles. The summed E-state index contributed by atoms with van der Waals surface area (Å²) in [7, 11) is -3.48. The van der Waals surface area contributed by atoms with E-state index in [1.807, 2.05) is 44.7 Å². The molecule has 2 heterocycles. The van der Waals surface area contributed by atoms with Gasteiger partial charge in [0.25, 0.3) is 0 Å². The Labute approximate surface area is 161 Å². The molecule has 0 aliphatic carbocycles. The van der Waals surface area contributed by atoms with Crippen LogP contribution in [0.3, 0.4) is 0 Å². The Kier molecular flexibility index (Phi) is 5.67. The molecule has 1 aromatic carbocycles. The first-order valence-electron chi connectivity index (χ1n) is 9.23. The zero-order valence-electron chi connectivity index (χ0n) is 16.4. The van der Waals surface area contributed by atoms with Crippen LogP contribution >= 0.6 is 0 Å². The maximum Gasteiger partial charge on any atom is 0.243 e. The lowest BCUT2D eigenvalue weighted by atomic mass is 10.1. The van der Waals surface area contributed by atoms with Gasteiger partial charge in [0, 0.05) is 44.5 Å². The van der Waals surface area contributed by atoms with Crippen LogP contribution in [-0.4, -0.2) is 55.4 Å². The van der Waals surface area contributed by atoms with Gasteiger partial charge in [-0.1, -0.05) is 6.07 Å². The van der Waals surface area contributed by atoms with Crippen molar-refractivity contribution in [3.63, 3.8) is 0 Å². The minimum atomic E-state index is -3.48. The van der Waals surface area contributed by atoms with Gasteiger partial charge in [0.15, 0.2) is 0 Å². The second-order valence-electron chi connectivity index (χ2n) is 6.86. The number of hydrogen-bond acceptors (Lipinski definition) is 6. The molecule has 146 valence electrons. The summed E-state index contributed by atoms with van der Waals surface area (Å²) in [6.45, 7) is 10.6. The first-order chi connectivity index (χ1) is 12.8. The first kappa shape index (κ1) is 19.6. The molecule has 0 bridgehead atoms. The molecule has 1 aliphatic heterocycles. The average Bonchev–Trinajstić information content (AvgIpc) is 2.64. The summed E-state index contributed by atoms with van der Waals surface area (Å²) in [4.78, 5) is 11.5. The van der Waals surface area contributed by atoms with Crippen molar-refractivity contribution >= 4 is 21.8 Å². The SMILES string of the molecule is CCNc1cc(C)nc(N2CCN(S(=O)(=O)c3ccc(C)c(C)c3)CC2)n1. The third kappa shape index (κ3) is 4.22. The summed E-state index contributed by atoms with van der Waals surface area (Å²) in [6, 6.07) is 7.22. The van der Waals surface area contributed by atoms with E-state index < -0.39 is 10.0 Å². The van der Waals surface area contributed by atoms with E-state index >= 15 is 0 Å². The van der Waals surface area contributed by atoms with Gasteiger partial charge in [0.2, 0.25) is 16.0 Å². The van der Waals surface area contributed by atoms with Crippen LogP contribution < -0.4 is 10.2 Å². The van der Waals surface area contributed by atoms with Crippen LogP contribution in [0.4, 0.5) is 11.8 Å². The standard InChI is InChI=1S/C19H27N5O2S/c1-5-20-18-13-16(4)21-19(22-18)23-8-10-24(11-9-23)27(25,26)17-7-6-14(2)15(3)12-17/h6-7,12-13H,5,8-11H2,1-4H3,(H,20,21,22). The van der Waals surface area contributed by atoms with Gasteiger partial charge in [0.05, 0.1) is 4.90 Å². The summed E-state index contributed by atoms with van der Waals surface area (Å²) >= 11 is 0. The number of anilines is 2. The monoisotopic (exact) mass is 389 g/mol. The van der Waals surface area contributed by atoms with E-state index in [-0.39, 0.29) is 0 Å². The van der Waals surface area contributed by atoms with E-state index in [4.69, 9.17) is 0 Å². The minimum Gasteiger partial charge on any atom is -0.370 e. The zero-order chi connectivity index (χ0) is 19.6. The van der Waals surface area contributed by atoms with Crippen LogP contribution in [0.5, 0.6) is 0 Å². The third-order valence-electron chi connectivity index (χ3n) is 4.84. The highest BCUT2D eigenvalue weighted by atomic mass is 32.2. The van der Waals surface area contributed by atoms with Crippen LogP contribution in [0.1, 0.15) is 23.7 Å². The Morgan fingerprint density at radius 3 is 2.33 bits per heavy atom. The van der Waals surface area contributed by atoms with Crippen LogP contribution in [0.15, 0.2) is 29.2 Å². The van der Waals surface area contributed by atoms with Crippen molar-refractivity contribution in [2.24, 2.45) is 0 Å². The van der Waals surface area contributed by atoms with Crippen molar-refractivity contribution in [3.8, 4) is 0 Å². The molecular formula is C19H27N5O2S. The summed E-state index contributed by atoms with van der Waals surface area (Å²) in [5.41, 5.74) is 2.96. The van der Waals surface area contributed by atoms with Gasteiger partial charge in [0.1, 0.15) is 5.82 Å². The molecule has 0 spiro atoms. The molecule has 8 heteroatoms. The Hall–Kier alpha value is -2.19. The number of nitrogens with zero attached hydrogens (tertiary/aromatic N) is 4. The lowest BCUT2D eigenvalue weighted by Gasteiger charge is -2.34. The molecule has 1 aromatic heterocycles. The van der Waals surface area contributed by atoms with Crippen molar-refractivity contribution < 1.29 is 8.42 Å². The molecular weight excluding hydrogens is 362 g/mol. The second kappa shape index (κ2) is 7.82. The Balaban J connectivity index is 1.74. The van der Waals surface area contributed by atoms with Crippen molar-refractivity contribution in [1.29, 1.82) is 0 Å². The molecule has 1 fully saturated rings. The van der Waals surface area contributed by atoms with Gasteiger partial charge >= 0.3 is 0 Å². The molecule has 0 radical (unpaired) electrons. The highest BCUT2D eigenvalue weighted by Crippen LogP contribution is 2.22. The van der Waals surface area contributed by atoms with E-state index in [9.17, 15) is 8.42 Å². The van der Waals surface area contributed by atoms with Crippen molar-refractivity contribution in [1.82, 2.24) is 14.3 Å². The molecule has 3 rings (SSSR count). The maximum absolute atomic E-state index is 13.0. The van der Waals surface area contributed by atoms with Crippen LogP contribution in [0, 0.1) is 20.8 Å². The van der Waals surface area contributed by atoms with Gasteiger partial charge in [-0.3, -0.25) is 0 Å². The summed E-state index contributed by atoms with van der Waals surface area (Å²) < 4.78 is 27.5. The topological polar surface area (TPSA) is 78.4 Å². The van der Waals surface area contributed by atoms with Gasteiger partial charge in [-0.15, -0.1) is 0 Å². The van der Waals surface area contributed by atoms with Crippen LogP contribution in [0.2, 0.25) is 0 Å². The van der Waals surface area contributed by atoms with Crippen molar-refractivity contribution in [3.05, 3.63) is 41.1 Å². The molecule has 0 amide bonds. The largest absolute Gasteiger partial charge is 0.370 e.